The Balaban J connectivity index is 1.79. The number of halogens is 3. The average Bonchev–Trinajstić information content (AvgIpc) is 3.03. The molecule has 0 aliphatic carbocycles. The smallest absolute Gasteiger partial charge is 0.387 e. The summed E-state index contributed by atoms with van der Waals surface area (Å²) in [6, 6.07) is 3.91. The van der Waals surface area contributed by atoms with E-state index in [1.54, 1.807) is 0 Å². The standard InChI is InChI=1S/C15H19F3N2O3/c16-15(17,18)11-4-1-3-10(7-11)13(21)9-20-14(22)19-8-12-5-2-6-23-12/h1,3-4,7,12-13,21H,2,5-6,8-9H2,(H2,19,20,22). The molecule has 3 N–H and O–H groups in total. The summed E-state index contributed by atoms with van der Waals surface area (Å²) in [5.74, 6) is 0. The van der Waals surface area contributed by atoms with Crippen molar-refractivity contribution in [1.82, 2.24) is 10.6 Å². The third-order valence-electron chi connectivity index (χ3n) is 3.57. The molecule has 0 bridgehead atoms. The minimum Gasteiger partial charge on any atom is -0.387 e. The largest absolute Gasteiger partial charge is 0.416 e. The van der Waals surface area contributed by atoms with Gasteiger partial charge in [0.1, 0.15) is 0 Å². The number of rotatable bonds is 5. The van der Waals surface area contributed by atoms with Crippen LogP contribution in [0.5, 0.6) is 0 Å². The Kier molecular flexibility index (Phi) is 5.84. The van der Waals surface area contributed by atoms with Gasteiger partial charge in [0.25, 0.3) is 0 Å². The number of carbonyl (C=O) groups excluding carboxylic acids is 1. The summed E-state index contributed by atoms with van der Waals surface area (Å²) in [6.45, 7) is 0.867. The van der Waals surface area contributed by atoms with E-state index in [-0.39, 0.29) is 18.2 Å². The molecule has 0 radical (unpaired) electrons. The summed E-state index contributed by atoms with van der Waals surface area (Å²) in [5.41, 5.74) is -0.740. The maximum Gasteiger partial charge on any atom is 0.416 e. The molecule has 2 unspecified atom stereocenters. The minimum absolute atomic E-state index is 0.00543. The summed E-state index contributed by atoms with van der Waals surface area (Å²) < 4.78 is 43.2. The lowest BCUT2D eigenvalue weighted by atomic mass is 10.1. The zero-order valence-corrected chi connectivity index (χ0v) is 12.4. The van der Waals surface area contributed by atoms with Crippen molar-refractivity contribution in [2.45, 2.75) is 31.2 Å². The molecule has 5 nitrogen and oxygen atoms in total. The van der Waals surface area contributed by atoms with Crippen LogP contribution in [0.15, 0.2) is 24.3 Å². The number of nitrogens with one attached hydrogen (secondary N) is 2. The second-order valence-corrected chi connectivity index (χ2v) is 5.36. The van der Waals surface area contributed by atoms with Crippen LogP contribution in [0.4, 0.5) is 18.0 Å². The molecule has 1 aliphatic heterocycles. The van der Waals surface area contributed by atoms with Gasteiger partial charge in [0.15, 0.2) is 0 Å². The van der Waals surface area contributed by atoms with Gasteiger partial charge in [-0.3, -0.25) is 0 Å². The van der Waals surface area contributed by atoms with E-state index in [0.29, 0.717) is 13.2 Å². The van der Waals surface area contributed by atoms with Crippen molar-refractivity contribution in [2.24, 2.45) is 0 Å². The molecule has 1 heterocycles. The van der Waals surface area contributed by atoms with E-state index in [4.69, 9.17) is 4.74 Å². The number of aliphatic hydroxyl groups is 1. The normalized spacial score (nSPS) is 19.4. The zero-order valence-electron chi connectivity index (χ0n) is 12.4. The Hall–Kier alpha value is -1.80. The van der Waals surface area contributed by atoms with E-state index in [1.165, 1.54) is 12.1 Å². The lowest BCUT2D eigenvalue weighted by Gasteiger charge is -2.16. The van der Waals surface area contributed by atoms with Crippen LogP contribution >= 0.6 is 0 Å². The number of amides is 2. The quantitative estimate of drug-likeness (QED) is 0.774. The third-order valence-corrected chi connectivity index (χ3v) is 3.57. The second-order valence-electron chi connectivity index (χ2n) is 5.36. The van der Waals surface area contributed by atoms with Crippen molar-refractivity contribution in [1.29, 1.82) is 0 Å². The van der Waals surface area contributed by atoms with Crippen LogP contribution in [0.3, 0.4) is 0 Å². The van der Waals surface area contributed by atoms with Crippen molar-refractivity contribution in [3.8, 4) is 0 Å². The first-order valence-electron chi connectivity index (χ1n) is 7.35. The van der Waals surface area contributed by atoms with Gasteiger partial charge in [-0.25, -0.2) is 4.79 Å². The Morgan fingerprint density at radius 1 is 1.39 bits per heavy atom. The molecule has 1 aromatic rings. The van der Waals surface area contributed by atoms with Gasteiger partial charge < -0.3 is 20.5 Å². The summed E-state index contributed by atoms with van der Waals surface area (Å²) in [5, 5.41) is 14.9. The highest BCUT2D eigenvalue weighted by Gasteiger charge is 2.30. The maximum absolute atomic E-state index is 12.6. The first kappa shape index (κ1) is 17.6. The number of benzene rings is 1. The van der Waals surface area contributed by atoms with Crippen LogP contribution in [0, 0.1) is 0 Å². The molecule has 1 aliphatic rings. The van der Waals surface area contributed by atoms with E-state index >= 15 is 0 Å². The Bertz CT molecular complexity index is 531. The van der Waals surface area contributed by atoms with Crippen LogP contribution in [-0.2, 0) is 10.9 Å². The van der Waals surface area contributed by atoms with Crippen molar-refractivity contribution < 1.29 is 27.8 Å². The molecule has 23 heavy (non-hydrogen) atoms. The molecule has 128 valence electrons. The predicted molar refractivity (Wildman–Crippen MR) is 76.8 cm³/mol. The van der Waals surface area contributed by atoms with Gasteiger partial charge in [0.2, 0.25) is 0 Å². The third kappa shape index (κ3) is 5.40. The monoisotopic (exact) mass is 332 g/mol. The molecular formula is C15H19F3N2O3. The van der Waals surface area contributed by atoms with Gasteiger partial charge >= 0.3 is 12.2 Å². The molecule has 0 aromatic heterocycles. The molecule has 2 atom stereocenters. The highest BCUT2D eigenvalue weighted by molar-refractivity contribution is 5.73. The molecule has 0 spiro atoms. The Labute approximate surface area is 131 Å². The second kappa shape index (κ2) is 7.65. The fourth-order valence-corrected chi connectivity index (χ4v) is 2.30. The number of hydrogen-bond donors (Lipinski definition) is 3. The number of alkyl halides is 3. The number of carbonyl (C=O) groups is 1. The maximum atomic E-state index is 12.6. The van der Waals surface area contributed by atoms with Gasteiger partial charge in [-0.1, -0.05) is 12.1 Å². The molecule has 1 saturated heterocycles. The van der Waals surface area contributed by atoms with Gasteiger partial charge in [-0.15, -0.1) is 0 Å². The van der Waals surface area contributed by atoms with Crippen LogP contribution in [0.2, 0.25) is 0 Å². The molecular weight excluding hydrogens is 313 g/mol. The molecule has 1 fully saturated rings. The average molecular weight is 332 g/mol. The predicted octanol–water partition coefficient (Wildman–Crippen LogP) is 2.22. The van der Waals surface area contributed by atoms with E-state index in [1.807, 2.05) is 0 Å². The Morgan fingerprint density at radius 3 is 2.83 bits per heavy atom. The fourth-order valence-electron chi connectivity index (χ4n) is 2.30. The van der Waals surface area contributed by atoms with Crippen LogP contribution < -0.4 is 10.6 Å². The molecule has 8 heteroatoms. The van der Waals surface area contributed by atoms with Crippen molar-refractivity contribution >= 4 is 6.03 Å². The van der Waals surface area contributed by atoms with Crippen molar-refractivity contribution in [3.63, 3.8) is 0 Å². The molecule has 2 amide bonds. The van der Waals surface area contributed by atoms with Crippen molar-refractivity contribution in [3.05, 3.63) is 35.4 Å². The zero-order chi connectivity index (χ0) is 16.9. The van der Waals surface area contributed by atoms with E-state index in [0.717, 1.165) is 25.0 Å². The first-order valence-corrected chi connectivity index (χ1v) is 7.35. The fraction of sp³-hybridized carbons (Fsp3) is 0.533. The number of urea groups is 1. The van der Waals surface area contributed by atoms with Gasteiger partial charge in [0.05, 0.1) is 17.8 Å². The van der Waals surface area contributed by atoms with Gasteiger partial charge in [-0.05, 0) is 30.5 Å². The SMILES string of the molecule is O=C(NCC1CCCO1)NCC(O)c1cccc(C(F)(F)F)c1. The van der Waals surface area contributed by atoms with E-state index in [9.17, 15) is 23.1 Å². The molecule has 1 aromatic carbocycles. The van der Waals surface area contributed by atoms with Crippen molar-refractivity contribution in [2.75, 3.05) is 19.7 Å². The minimum atomic E-state index is -4.47. The van der Waals surface area contributed by atoms with Crippen LogP contribution in [0.25, 0.3) is 0 Å². The Morgan fingerprint density at radius 2 is 2.17 bits per heavy atom. The summed E-state index contributed by atoms with van der Waals surface area (Å²) in [6.07, 6.45) is -3.85. The lowest BCUT2D eigenvalue weighted by molar-refractivity contribution is -0.137. The van der Waals surface area contributed by atoms with E-state index in [2.05, 4.69) is 10.6 Å². The summed E-state index contributed by atoms with van der Waals surface area (Å²) >= 11 is 0. The molecule has 0 saturated carbocycles. The molecule has 2 rings (SSSR count). The lowest BCUT2D eigenvalue weighted by Crippen LogP contribution is -2.41. The summed E-state index contributed by atoms with van der Waals surface area (Å²) in [7, 11) is 0. The van der Waals surface area contributed by atoms with Gasteiger partial charge in [0, 0.05) is 19.7 Å². The highest BCUT2D eigenvalue weighted by Crippen LogP contribution is 2.30. The van der Waals surface area contributed by atoms with Crippen LogP contribution in [-0.4, -0.2) is 36.9 Å². The topological polar surface area (TPSA) is 70.6 Å². The summed E-state index contributed by atoms with van der Waals surface area (Å²) in [4.78, 5) is 11.6. The number of ether oxygens (including phenoxy) is 1. The first-order chi connectivity index (χ1) is 10.9. The van der Waals surface area contributed by atoms with Gasteiger partial charge in [-0.2, -0.15) is 13.2 Å². The number of aliphatic hydroxyl groups excluding tert-OH is 1. The van der Waals surface area contributed by atoms with Crippen LogP contribution in [0.1, 0.15) is 30.1 Å². The highest BCUT2D eigenvalue weighted by atomic mass is 19.4. The van der Waals surface area contributed by atoms with E-state index < -0.39 is 23.9 Å². The number of hydrogen-bond acceptors (Lipinski definition) is 3.